The standard InChI is InChI=1S/C17H28N2/c1-5-10-18-13-15-12-14(2)7-8-16(15)19-11-6-9-17(19,3)4/h7-8,12,18H,5-6,9-11,13H2,1-4H3. The van der Waals surface area contributed by atoms with Crippen LogP contribution in [0.1, 0.15) is 51.2 Å². The maximum atomic E-state index is 3.54. The van der Waals surface area contributed by atoms with E-state index in [9.17, 15) is 0 Å². The molecule has 1 heterocycles. The SMILES string of the molecule is CCCNCc1cc(C)ccc1N1CCCC1(C)C. The molecule has 2 rings (SSSR count). The molecule has 1 aromatic rings. The molecule has 1 N–H and O–H groups in total. The first-order valence-electron chi connectivity index (χ1n) is 7.62. The quantitative estimate of drug-likeness (QED) is 0.808. The van der Waals surface area contributed by atoms with E-state index in [-0.39, 0.29) is 0 Å². The van der Waals surface area contributed by atoms with E-state index in [2.05, 4.69) is 56.1 Å². The van der Waals surface area contributed by atoms with E-state index in [1.54, 1.807) is 0 Å². The lowest BCUT2D eigenvalue weighted by atomic mass is 10.00. The minimum Gasteiger partial charge on any atom is -0.366 e. The molecule has 1 aromatic carbocycles. The van der Waals surface area contributed by atoms with Crippen molar-refractivity contribution in [2.24, 2.45) is 0 Å². The first-order valence-corrected chi connectivity index (χ1v) is 7.62. The molecule has 1 aliphatic heterocycles. The van der Waals surface area contributed by atoms with E-state index >= 15 is 0 Å². The summed E-state index contributed by atoms with van der Waals surface area (Å²) >= 11 is 0. The Hall–Kier alpha value is -1.02. The minimum absolute atomic E-state index is 0.300. The van der Waals surface area contributed by atoms with Crippen LogP contribution in [0, 0.1) is 6.92 Å². The lowest BCUT2D eigenvalue weighted by Crippen LogP contribution is -2.39. The van der Waals surface area contributed by atoms with Crippen molar-refractivity contribution in [1.29, 1.82) is 0 Å². The summed E-state index contributed by atoms with van der Waals surface area (Å²) in [4.78, 5) is 2.59. The molecule has 106 valence electrons. The monoisotopic (exact) mass is 260 g/mol. The number of nitrogens with one attached hydrogen (secondary N) is 1. The van der Waals surface area contributed by atoms with Crippen molar-refractivity contribution in [2.45, 2.75) is 59.0 Å². The van der Waals surface area contributed by atoms with Crippen molar-refractivity contribution >= 4 is 5.69 Å². The second kappa shape index (κ2) is 5.96. The van der Waals surface area contributed by atoms with E-state index in [1.165, 1.54) is 42.6 Å². The molecule has 2 heteroatoms. The third-order valence-electron chi connectivity index (χ3n) is 4.17. The maximum Gasteiger partial charge on any atom is 0.0416 e. The van der Waals surface area contributed by atoms with Crippen LogP contribution in [-0.4, -0.2) is 18.6 Å². The van der Waals surface area contributed by atoms with Gasteiger partial charge in [0.2, 0.25) is 0 Å². The molecular weight excluding hydrogens is 232 g/mol. The topological polar surface area (TPSA) is 15.3 Å². The van der Waals surface area contributed by atoms with Crippen molar-refractivity contribution in [3.05, 3.63) is 29.3 Å². The largest absolute Gasteiger partial charge is 0.366 e. The predicted molar refractivity (Wildman–Crippen MR) is 83.8 cm³/mol. The fourth-order valence-electron chi connectivity index (χ4n) is 3.07. The van der Waals surface area contributed by atoms with Crippen molar-refractivity contribution in [3.63, 3.8) is 0 Å². The first kappa shape index (κ1) is 14.4. The van der Waals surface area contributed by atoms with Crippen molar-refractivity contribution < 1.29 is 0 Å². The van der Waals surface area contributed by atoms with Gasteiger partial charge < -0.3 is 10.2 Å². The van der Waals surface area contributed by atoms with Crippen LogP contribution in [0.25, 0.3) is 0 Å². The Morgan fingerprint density at radius 1 is 1.32 bits per heavy atom. The second-order valence-corrected chi connectivity index (χ2v) is 6.38. The molecule has 0 saturated carbocycles. The van der Waals surface area contributed by atoms with Gasteiger partial charge in [-0.25, -0.2) is 0 Å². The number of nitrogens with zero attached hydrogens (tertiary/aromatic N) is 1. The van der Waals surface area contributed by atoms with Gasteiger partial charge in [0.25, 0.3) is 0 Å². The average molecular weight is 260 g/mol. The molecule has 0 bridgehead atoms. The van der Waals surface area contributed by atoms with Crippen LogP contribution in [0.2, 0.25) is 0 Å². The summed E-state index contributed by atoms with van der Waals surface area (Å²) in [5.74, 6) is 0. The zero-order chi connectivity index (χ0) is 13.9. The third kappa shape index (κ3) is 3.30. The molecule has 0 aliphatic carbocycles. The predicted octanol–water partition coefficient (Wildman–Crippen LogP) is 3.87. The lowest BCUT2D eigenvalue weighted by Gasteiger charge is -2.35. The smallest absolute Gasteiger partial charge is 0.0416 e. The van der Waals surface area contributed by atoms with Gasteiger partial charge in [0.1, 0.15) is 0 Å². The molecular formula is C17H28N2. The Balaban J connectivity index is 2.23. The van der Waals surface area contributed by atoms with Gasteiger partial charge in [-0.15, -0.1) is 0 Å². The highest BCUT2D eigenvalue weighted by Crippen LogP contribution is 2.35. The summed E-state index contributed by atoms with van der Waals surface area (Å²) in [5, 5.41) is 3.54. The molecule has 19 heavy (non-hydrogen) atoms. The Morgan fingerprint density at radius 3 is 2.74 bits per heavy atom. The van der Waals surface area contributed by atoms with Crippen molar-refractivity contribution in [2.75, 3.05) is 18.0 Å². The molecule has 1 fully saturated rings. The van der Waals surface area contributed by atoms with E-state index in [0.29, 0.717) is 5.54 Å². The van der Waals surface area contributed by atoms with Crippen LogP contribution in [0.3, 0.4) is 0 Å². The van der Waals surface area contributed by atoms with E-state index in [1.807, 2.05) is 0 Å². The van der Waals surface area contributed by atoms with Gasteiger partial charge in [-0.3, -0.25) is 0 Å². The number of hydrogen-bond acceptors (Lipinski definition) is 2. The summed E-state index contributed by atoms with van der Waals surface area (Å²) in [5.41, 5.74) is 4.53. The molecule has 1 saturated heterocycles. The fourth-order valence-corrected chi connectivity index (χ4v) is 3.07. The van der Waals surface area contributed by atoms with Gasteiger partial charge in [0.05, 0.1) is 0 Å². The number of anilines is 1. The Labute approximate surface area is 118 Å². The fraction of sp³-hybridized carbons (Fsp3) is 0.647. The second-order valence-electron chi connectivity index (χ2n) is 6.38. The van der Waals surface area contributed by atoms with Gasteiger partial charge >= 0.3 is 0 Å². The summed E-state index contributed by atoms with van der Waals surface area (Å²) in [6, 6.07) is 6.89. The minimum atomic E-state index is 0.300. The van der Waals surface area contributed by atoms with Gasteiger partial charge in [0.15, 0.2) is 0 Å². The van der Waals surface area contributed by atoms with Crippen LogP contribution in [0.4, 0.5) is 5.69 Å². The number of rotatable bonds is 5. The Morgan fingerprint density at radius 2 is 2.11 bits per heavy atom. The maximum absolute atomic E-state index is 3.54. The summed E-state index contributed by atoms with van der Waals surface area (Å²) in [7, 11) is 0. The highest BCUT2D eigenvalue weighted by Gasteiger charge is 2.32. The van der Waals surface area contributed by atoms with Crippen LogP contribution < -0.4 is 10.2 Å². The molecule has 2 nitrogen and oxygen atoms in total. The van der Waals surface area contributed by atoms with Gasteiger partial charge in [-0.1, -0.05) is 24.6 Å². The van der Waals surface area contributed by atoms with Crippen molar-refractivity contribution in [1.82, 2.24) is 5.32 Å². The van der Waals surface area contributed by atoms with Gasteiger partial charge in [-0.2, -0.15) is 0 Å². The van der Waals surface area contributed by atoms with E-state index < -0.39 is 0 Å². The summed E-state index contributed by atoms with van der Waals surface area (Å²) in [6.45, 7) is 12.4. The average Bonchev–Trinajstić information content (AvgIpc) is 2.70. The molecule has 1 aliphatic rings. The van der Waals surface area contributed by atoms with Gasteiger partial charge in [-0.05, 0) is 58.2 Å². The van der Waals surface area contributed by atoms with Gasteiger partial charge in [0, 0.05) is 24.3 Å². The molecule has 0 unspecified atom stereocenters. The Kier molecular flexibility index (Phi) is 4.51. The molecule has 0 radical (unpaired) electrons. The zero-order valence-corrected chi connectivity index (χ0v) is 12.9. The highest BCUT2D eigenvalue weighted by atomic mass is 15.2. The summed E-state index contributed by atoms with van der Waals surface area (Å²) < 4.78 is 0. The van der Waals surface area contributed by atoms with E-state index in [4.69, 9.17) is 0 Å². The molecule has 0 amide bonds. The normalized spacial score (nSPS) is 18.0. The lowest BCUT2D eigenvalue weighted by molar-refractivity contribution is 0.516. The first-order chi connectivity index (χ1) is 9.04. The van der Waals surface area contributed by atoms with E-state index in [0.717, 1.165) is 13.1 Å². The Bertz CT molecular complexity index is 423. The number of aryl methyl sites for hydroxylation is 1. The number of hydrogen-bond donors (Lipinski definition) is 1. The van der Waals surface area contributed by atoms with Crippen LogP contribution in [-0.2, 0) is 6.54 Å². The zero-order valence-electron chi connectivity index (χ0n) is 12.9. The molecule has 0 spiro atoms. The van der Waals surface area contributed by atoms with Crippen LogP contribution >= 0.6 is 0 Å². The van der Waals surface area contributed by atoms with Crippen LogP contribution in [0.15, 0.2) is 18.2 Å². The molecule has 0 atom stereocenters. The highest BCUT2D eigenvalue weighted by molar-refractivity contribution is 5.57. The molecule has 0 aromatic heterocycles. The van der Waals surface area contributed by atoms with Crippen molar-refractivity contribution in [3.8, 4) is 0 Å². The summed E-state index contributed by atoms with van der Waals surface area (Å²) in [6.07, 6.45) is 3.79. The number of benzene rings is 1. The van der Waals surface area contributed by atoms with Crippen LogP contribution in [0.5, 0.6) is 0 Å². The third-order valence-corrected chi connectivity index (χ3v) is 4.17.